The van der Waals surface area contributed by atoms with Crippen LogP contribution in [0.3, 0.4) is 0 Å². The molecule has 0 aliphatic carbocycles. The highest BCUT2D eigenvalue weighted by atomic mass is 35.5. The molecule has 1 aliphatic heterocycles. The summed E-state index contributed by atoms with van der Waals surface area (Å²) in [5.41, 5.74) is 0.903. The maximum atomic E-state index is 12.9. The van der Waals surface area contributed by atoms with E-state index in [0.29, 0.717) is 11.6 Å². The van der Waals surface area contributed by atoms with E-state index in [9.17, 15) is 4.39 Å². The Morgan fingerprint density at radius 3 is 3.13 bits per heavy atom. The van der Waals surface area contributed by atoms with Crippen molar-refractivity contribution in [2.75, 3.05) is 19.8 Å². The van der Waals surface area contributed by atoms with Crippen LogP contribution in [0.2, 0.25) is 5.02 Å². The van der Waals surface area contributed by atoms with Crippen LogP contribution in [0, 0.1) is 5.82 Å². The van der Waals surface area contributed by atoms with Gasteiger partial charge in [0, 0.05) is 11.6 Å². The van der Waals surface area contributed by atoms with E-state index in [0.717, 1.165) is 25.1 Å². The van der Waals surface area contributed by atoms with Crippen LogP contribution in [0.15, 0.2) is 18.2 Å². The van der Waals surface area contributed by atoms with Crippen LogP contribution in [0.25, 0.3) is 0 Å². The minimum Gasteiger partial charge on any atom is -0.379 e. The topological polar surface area (TPSA) is 21.3 Å². The maximum absolute atomic E-state index is 12.9. The lowest BCUT2D eigenvalue weighted by Crippen LogP contribution is -2.23. The molecule has 15 heavy (non-hydrogen) atoms. The molecule has 0 saturated carbocycles. The summed E-state index contributed by atoms with van der Waals surface area (Å²) in [5, 5.41) is 3.78. The number of hydrogen-bond acceptors (Lipinski definition) is 2. The van der Waals surface area contributed by atoms with Crippen LogP contribution in [-0.2, 0) is 4.74 Å². The van der Waals surface area contributed by atoms with Crippen LogP contribution in [0.4, 0.5) is 4.39 Å². The van der Waals surface area contributed by atoms with Gasteiger partial charge < -0.3 is 10.1 Å². The predicted octanol–water partition coefficient (Wildman–Crippen LogP) is 2.53. The Hall–Kier alpha value is -0.640. The Balaban J connectivity index is 2.19. The second-order valence-electron chi connectivity index (χ2n) is 3.60. The summed E-state index contributed by atoms with van der Waals surface area (Å²) in [6.45, 7) is 2.26. The summed E-state index contributed by atoms with van der Waals surface area (Å²) in [6.07, 6.45) is 0.995. The zero-order valence-corrected chi connectivity index (χ0v) is 9.06. The van der Waals surface area contributed by atoms with Gasteiger partial charge in [-0.25, -0.2) is 4.39 Å². The molecule has 0 amide bonds. The van der Waals surface area contributed by atoms with Gasteiger partial charge in [-0.2, -0.15) is 0 Å². The molecule has 1 atom stereocenters. The summed E-state index contributed by atoms with van der Waals surface area (Å²) in [6, 6.07) is 4.54. The molecule has 1 N–H and O–H groups in total. The molecule has 4 heteroatoms. The third-order valence-corrected chi connectivity index (χ3v) is 2.81. The standard InChI is InChI=1S/C11H13ClFNO/c12-10-6-8(13)2-3-9(10)11-7-15-5-1-4-14-11/h2-3,6,11,14H,1,4-5,7H2. The lowest BCUT2D eigenvalue weighted by atomic mass is 10.1. The predicted molar refractivity (Wildman–Crippen MR) is 57.6 cm³/mol. The van der Waals surface area contributed by atoms with E-state index in [1.165, 1.54) is 12.1 Å². The van der Waals surface area contributed by atoms with Crippen molar-refractivity contribution >= 4 is 11.6 Å². The highest BCUT2D eigenvalue weighted by Crippen LogP contribution is 2.24. The molecule has 1 fully saturated rings. The van der Waals surface area contributed by atoms with Gasteiger partial charge in [-0.1, -0.05) is 17.7 Å². The van der Waals surface area contributed by atoms with Gasteiger partial charge in [0.05, 0.1) is 12.6 Å². The van der Waals surface area contributed by atoms with Crippen molar-refractivity contribution in [1.82, 2.24) is 5.32 Å². The molecule has 0 spiro atoms. The molecule has 0 bridgehead atoms. The average molecular weight is 230 g/mol. The summed E-state index contributed by atoms with van der Waals surface area (Å²) < 4.78 is 18.3. The van der Waals surface area contributed by atoms with Crippen LogP contribution in [0.1, 0.15) is 18.0 Å². The Kier molecular flexibility index (Phi) is 3.57. The van der Waals surface area contributed by atoms with E-state index in [1.54, 1.807) is 6.07 Å². The zero-order valence-electron chi connectivity index (χ0n) is 8.30. The summed E-state index contributed by atoms with van der Waals surface area (Å²) >= 11 is 5.98. The second kappa shape index (κ2) is 4.92. The fourth-order valence-corrected chi connectivity index (χ4v) is 1.99. The van der Waals surface area contributed by atoms with Crippen LogP contribution < -0.4 is 5.32 Å². The molecule has 1 saturated heterocycles. The van der Waals surface area contributed by atoms with Gasteiger partial charge in [0.1, 0.15) is 5.82 Å². The van der Waals surface area contributed by atoms with Crippen molar-refractivity contribution in [3.63, 3.8) is 0 Å². The lowest BCUT2D eigenvalue weighted by Gasteiger charge is -2.16. The fraction of sp³-hybridized carbons (Fsp3) is 0.455. The Bertz CT molecular complexity index is 337. The third-order valence-electron chi connectivity index (χ3n) is 2.48. The number of benzene rings is 1. The molecule has 0 radical (unpaired) electrons. The largest absolute Gasteiger partial charge is 0.379 e. The number of rotatable bonds is 1. The average Bonchev–Trinajstić information content (AvgIpc) is 2.46. The highest BCUT2D eigenvalue weighted by Gasteiger charge is 2.16. The first-order chi connectivity index (χ1) is 7.27. The van der Waals surface area contributed by atoms with Crippen molar-refractivity contribution in [2.24, 2.45) is 0 Å². The molecule has 2 rings (SSSR count). The minimum atomic E-state index is -0.307. The van der Waals surface area contributed by atoms with Crippen molar-refractivity contribution in [3.05, 3.63) is 34.6 Å². The third kappa shape index (κ3) is 2.68. The Morgan fingerprint density at radius 1 is 1.47 bits per heavy atom. The van der Waals surface area contributed by atoms with E-state index in [-0.39, 0.29) is 11.9 Å². The van der Waals surface area contributed by atoms with E-state index >= 15 is 0 Å². The number of hydrogen-bond donors (Lipinski definition) is 1. The van der Waals surface area contributed by atoms with Crippen molar-refractivity contribution < 1.29 is 9.13 Å². The summed E-state index contributed by atoms with van der Waals surface area (Å²) in [5.74, 6) is -0.307. The Morgan fingerprint density at radius 2 is 2.33 bits per heavy atom. The van der Waals surface area contributed by atoms with E-state index in [1.807, 2.05) is 0 Å². The molecule has 1 aromatic carbocycles. The smallest absolute Gasteiger partial charge is 0.124 e. The first kappa shape index (κ1) is 10.9. The van der Waals surface area contributed by atoms with Gasteiger partial charge in [0.2, 0.25) is 0 Å². The number of ether oxygens (including phenoxy) is 1. The van der Waals surface area contributed by atoms with Gasteiger partial charge in [-0.15, -0.1) is 0 Å². The summed E-state index contributed by atoms with van der Waals surface area (Å²) in [7, 11) is 0. The molecule has 1 aromatic rings. The fourth-order valence-electron chi connectivity index (χ4n) is 1.69. The first-order valence-corrected chi connectivity index (χ1v) is 5.41. The van der Waals surface area contributed by atoms with Crippen LogP contribution >= 0.6 is 11.6 Å². The Labute approximate surface area is 93.4 Å². The molecule has 0 aromatic heterocycles. The molecule has 1 heterocycles. The van der Waals surface area contributed by atoms with E-state index in [2.05, 4.69) is 5.32 Å². The van der Waals surface area contributed by atoms with Gasteiger partial charge >= 0.3 is 0 Å². The SMILES string of the molecule is Fc1ccc(C2COCCCN2)c(Cl)c1. The lowest BCUT2D eigenvalue weighted by molar-refractivity contribution is 0.131. The molecule has 1 aliphatic rings. The first-order valence-electron chi connectivity index (χ1n) is 5.03. The second-order valence-corrected chi connectivity index (χ2v) is 4.01. The molecular weight excluding hydrogens is 217 g/mol. The van der Waals surface area contributed by atoms with Crippen molar-refractivity contribution in [2.45, 2.75) is 12.5 Å². The number of halogens is 2. The number of nitrogens with one attached hydrogen (secondary N) is 1. The van der Waals surface area contributed by atoms with Crippen molar-refractivity contribution in [1.29, 1.82) is 0 Å². The maximum Gasteiger partial charge on any atom is 0.124 e. The normalized spacial score (nSPS) is 22.4. The van der Waals surface area contributed by atoms with Gasteiger partial charge in [0.25, 0.3) is 0 Å². The summed E-state index contributed by atoms with van der Waals surface area (Å²) in [4.78, 5) is 0. The van der Waals surface area contributed by atoms with E-state index < -0.39 is 0 Å². The van der Waals surface area contributed by atoms with Crippen LogP contribution in [0.5, 0.6) is 0 Å². The molecule has 1 unspecified atom stereocenters. The van der Waals surface area contributed by atoms with Crippen LogP contribution in [-0.4, -0.2) is 19.8 Å². The van der Waals surface area contributed by atoms with Crippen molar-refractivity contribution in [3.8, 4) is 0 Å². The quantitative estimate of drug-likeness (QED) is 0.799. The van der Waals surface area contributed by atoms with Gasteiger partial charge in [0.15, 0.2) is 0 Å². The highest BCUT2D eigenvalue weighted by molar-refractivity contribution is 6.31. The zero-order chi connectivity index (χ0) is 10.7. The monoisotopic (exact) mass is 229 g/mol. The van der Waals surface area contributed by atoms with E-state index in [4.69, 9.17) is 16.3 Å². The van der Waals surface area contributed by atoms with Gasteiger partial charge in [-0.05, 0) is 30.7 Å². The molecular formula is C11H13ClFNO. The van der Waals surface area contributed by atoms with Gasteiger partial charge in [-0.3, -0.25) is 0 Å². The molecule has 2 nitrogen and oxygen atoms in total. The minimum absolute atomic E-state index is 0.0700. The molecule has 82 valence electrons.